The Bertz CT molecular complexity index is 792. The highest BCUT2D eigenvalue weighted by molar-refractivity contribution is 6.30. The minimum absolute atomic E-state index is 0.106. The van der Waals surface area contributed by atoms with Gasteiger partial charge >= 0.3 is 5.97 Å². The molecule has 0 aromatic heterocycles. The van der Waals surface area contributed by atoms with Gasteiger partial charge in [-0.05, 0) is 35.9 Å². The van der Waals surface area contributed by atoms with Crippen LogP contribution in [0.25, 0.3) is 0 Å². The third kappa shape index (κ3) is 4.12. The second kappa shape index (κ2) is 7.57. The number of carbonyl (C=O) groups excluding carboxylic acids is 2. The Morgan fingerprint density at radius 3 is 2.80 bits per heavy atom. The largest absolute Gasteiger partial charge is 0.497 e. The van der Waals surface area contributed by atoms with E-state index < -0.39 is 5.92 Å². The van der Waals surface area contributed by atoms with Crippen LogP contribution in [-0.2, 0) is 20.9 Å². The highest BCUT2D eigenvalue weighted by Crippen LogP contribution is 2.28. The zero-order valence-electron chi connectivity index (χ0n) is 13.8. The fraction of sp³-hybridized carbons (Fsp3) is 0.263. The molecule has 1 fully saturated rings. The molecule has 1 saturated heterocycles. The predicted octanol–water partition coefficient (Wildman–Crippen LogP) is 3.44. The van der Waals surface area contributed by atoms with E-state index in [4.69, 9.17) is 21.1 Å². The van der Waals surface area contributed by atoms with Crippen LogP contribution >= 0.6 is 11.6 Å². The van der Waals surface area contributed by atoms with E-state index in [1.807, 2.05) is 24.3 Å². The molecule has 0 bridgehead atoms. The van der Waals surface area contributed by atoms with Crippen LogP contribution in [-0.4, -0.2) is 25.5 Å². The molecule has 6 heteroatoms. The zero-order valence-corrected chi connectivity index (χ0v) is 14.5. The van der Waals surface area contributed by atoms with E-state index in [1.54, 1.807) is 36.3 Å². The van der Waals surface area contributed by atoms with E-state index >= 15 is 0 Å². The predicted molar refractivity (Wildman–Crippen MR) is 94.7 cm³/mol. The highest BCUT2D eigenvalue weighted by atomic mass is 35.5. The second-order valence-corrected chi connectivity index (χ2v) is 6.28. The Balaban J connectivity index is 1.61. The Kier molecular flexibility index (Phi) is 5.24. The summed E-state index contributed by atoms with van der Waals surface area (Å²) >= 11 is 5.97. The lowest BCUT2D eigenvalue weighted by Gasteiger charge is -2.16. The third-order valence-corrected chi connectivity index (χ3v) is 4.33. The second-order valence-electron chi connectivity index (χ2n) is 5.84. The van der Waals surface area contributed by atoms with Gasteiger partial charge in [0.1, 0.15) is 12.4 Å². The van der Waals surface area contributed by atoms with Crippen LogP contribution < -0.4 is 9.64 Å². The molecule has 1 amide bonds. The van der Waals surface area contributed by atoms with E-state index in [-0.39, 0.29) is 24.9 Å². The molecule has 0 N–H and O–H groups in total. The van der Waals surface area contributed by atoms with Crippen molar-refractivity contribution in [2.24, 2.45) is 5.92 Å². The maximum Gasteiger partial charge on any atom is 0.311 e. The van der Waals surface area contributed by atoms with Crippen LogP contribution in [0.3, 0.4) is 0 Å². The van der Waals surface area contributed by atoms with Crippen molar-refractivity contribution < 1.29 is 19.1 Å². The summed E-state index contributed by atoms with van der Waals surface area (Å²) < 4.78 is 10.5. The number of carbonyl (C=O) groups is 2. The van der Waals surface area contributed by atoms with E-state index in [1.165, 1.54) is 0 Å². The van der Waals surface area contributed by atoms with Gasteiger partial charge in [-0.25, -0.2) is 0 Å². The minimum atomic E-state index is -0.475. The first-order chi connectivity index (χ1) is 12.1. The van der Waals surface area contributed by atoms with Crippen LogP contribution in [0.2, 0.25) is 5.02 Å². The summed E-state index contributed by atoms with van der Waals surface area (Å²) in [5.74, 6) is -0.250. The molecule has 0 aliphatic carbocycles. The lowest BCUT2D eigenvalue weighted by atomic mass is 10.1. The van der Waals surface area contributed by atoms with Crippen LogP contribution in [0.1, 0.15) is 12.0 Å². The van der Waals surface area contributed by atoms with Crippen molar-refractivity contribution >= 4 is 29.2 Å². The van der Waals surface area contributed by atoms with Crippen molar-refractivity contribution in [3.05, 3.63) is 59.1 Å². The number of benzene rings is 2. The van der Waals surface area contributed by atoms with E-state index in [9.17, 15) is 9.59 Å². The molecule has 25 heavy (non-hydrogen) atoms. The van der Waals surface area contributed by atoms with Crippen molar-refractivity contribution in [1.82, 2.24) is 0 Å². The average Bonchev–Trinajstić information content (AvgIpc) is 3.02. The number of nitrogens with zero attached hydrogens (tertiary/aromatic N) is 1. The molecule has 1 aliphatic heterocycles. The molecule has 1 heterocycles. The van der Waals surface area contributed by atoms with Gasteiger partial charge in [-0.2, -0.15) is 0 Å². The van der Waals surface area contributed by atoms with Gasteiger partial charge < -0.3 is 14.4 Å². The summed E-state index contributed by atoms with van der Waals surface area (Å²) in [6.45, 7) is 0.452. The van der Waals surface area contributed by atoms with Gasteiger partial charge in [0.15, 0.2) is 0 Å². The Labute approximate surface area is 151 Å². The van der Waals surface area contributed by atoms with Crippen molar-refractivity contribution in [2.75, 3.05) is 18.6 Å². The summed E-state index contributed by atoms with van der Waals surface area (Å²) in [5.41, 5.74) is 1.53. The fourth-order valence-electron chi connectivity index (χ4n) is 2.79. The molecule has 1 aliphatic rings. The van der Waals surface area contributed by atoms with Gasteiger partial charge in [0.05, 0.1) is 13.0 Å². The molecule has 3 rings (SSSR count). The van der Waals surface area contributed by atoms with E-state index in [0.29, 0.717) is 23.0 Å². The van der Waals surface area contributed by atoms with Crippen molar-refractivity contribution in [2.45, 2.75) is 13.0 Å². The summed E-state index contributed by atoms with van der Waals surface area (Å²) in [6, 6.07) is 14.4. The van der Waals surface area contributed by atoms with Crippen molar-refractivity contribution in [3.63, 3.8) is 0 Å². The van der Waals surface area contributed by atoms with Crippen LogP contribution in [0.15, 0.2) is 48.5 Å². The normalized spacial score (nSPS) is 16.8. The Morgan fingerprint density at radius 1 is 1.24 bits per heavy atom. The molecule has 130 valence electrons. The van der Waals surface area contributed by atoms with Crippen molar-refractivity contribution in [1.29, 1.82) is 0 Å². The summed E-state index contributed by atoms with van der Waals surface area (Å²) in [4.78, 5) is 26.1. The first-order valence-corrected chi connectivity index (χ1v) is 8.30. The standard InChI is InChI=1S/C19H18ClNO4/c1-24-17-7-2-4-13(8-17)12-25-19(23)14-9-18(22)21(11-14)16-6-3-5-15(20)10-16/h2-8,10,14H,9,11-12H2,1H3/t14-/m1/s1. The van der Waals surface area contributed by atoms with Gasteiger partial charge in [-0.3, -0.25) is 9.59 Å². The number of halogens is 1. The lowest BCUT2D eigenvalue weighted by Crippen LogP contribution is -2.26. The van der Waals surface area contributed by atoms with Crippen molar-refractivity contribution in [3.8, 4) is 5.75 Å². The molecule has 0 saturated carbocycles. The smallest absolute Gasteiger partial charge is 0.311 e. The molecule has 0 unspecified atom stereocenters. The summed E-state index contributed by atoms with van der Waals surface area (Å²) in [6.07, 6.45) is 0.142. The number of rotatable bonds is 5. The number of anilines is 1. The minimum Gasteiger partial charge on any atom is -0.497 e. The molecular weight excluding hydrogens is 342 g/mol. The molecule has 2 aromatic rings. The molecule has 0 radical (unpaired) electrons. The van der Waals surface area contributed by atoms with Crippen LogP contribution in [0, 0.1) is 5.92 Å². The monoisotopic (exact) mass is 359 g/mol. The maximum absolute atomic E-state index is 12.3. The number of amides is 1. The van der Waals surface area contributed by atoms with Gasteiger partial charge in [0.25, 0.3) is 0 Å². The number of esters is 1. The Hall–Kier alpha value is -2.53. The van der Waals surface area contributed by atoms with E-state index in [0.717, 1.165) is 5.56 Å². The van der Waals surface area contributed by atoms with Gasteiger partial charge in [-0.15, -0.1) is 0 Å². The first-order valence-electron chi connectivity index (χ1n) is 7.92. The SMILES string of the molecule is COc1cccc(COC(=O)[C@@H]2CC(=O)N(c3cccc(Cl)c3)C2)c1. The molecule has 5 nitrogen and oxygen atoms in total. The first kappa shape index (κ1) is 17.3. The lowest BCUT2D eigenvalue weighted by molar-refractivity contribution is -0.149. The third-order valence-electron chi connectivity index (χ3n) is 4.09. The summed E-state index contributed by atoms with van der Waals surface area (Å²) in [7, 11) is 1.58. The van der Waals surface area contributed by atoms with E-state index in [2.05, 4.69) is 0 Å². The topological polar surface area (TPSA) is 55.8 Å². The highest BCUT2D eigenvalue weighted by Gasteiger charge is 2.36. The maximum atomic E-state index is 12.3. The quantitative estimate of drug-likeness (QED) is 0.767. The fourth-order valence-corrected chi connectivity index (χ4v) is 2.98. The number of hydrogen-bond acceptors (Lipinski definition) is 4. The number of ether oxygens (including phenoxy) is 2. The zero-order chi connectivity index (χ0) is 17.8. The number of hydrogen-bond donors (Lipinski definition) is 0. The average molecular weight is 360 g/mol. The van der Waals surface area contributed by atoms with Gasteiger partial charge in [-0.1, -0.05) is 29.8 Å². The Morgan fingerprint density at radius 2 is 2.04 bits per heavy atom. The molecular formula is C19H18ClNO4. The molecule has 1 atom stereocenters. The van der Waals surface area contributed by atoms with Gasteiger partial charge in [0.2, 0.25) is 5.91 Å². The summed E-state index contributed by atoms with van der Waals surface area (Å²) in [5, 5.41) is 0.550. The molecule has 2 aromatic carbocycles. The van der Waals surface area contributed by atoms with Gasteiger partial charge in [0, 0.05) is 23.7 Å². The number of methoxy groups -OCH3 is 1. The van der Waals surface area contributed by atoms with Crippen LogP contribution in [0.4, 0.5) is 5.69 Å². The molecule has 0 spiro atoms. The van der Waals surface area contributed by atoms with Crippen LogP contribution in [0.5, 0.6) is 5.75 Å².